The number of carbonyl (C=O) groups excluding carboxylic acids is 2. The first-order chi connectivity index (χ1) is 9.22. The second-order valence-corrected chi connectivity index (χ2v) is 5.52. The van der Waals surface area contributed by atoms with Gasteiger partial charge in [-0.2, -0.15) is 0 Å². The van der Waals surface area contributed by atoms with Gasteiger partial charge < -0.3 is 15.0 Å². The Labute approximate surface area is 114 Å². The van der Waals surface area contributed by atoms with Crippen molar-refractivity contribution in [1.29, 1.82) is 0 Å². The fraction of sp³-hybridized carbons (Fsp3) is 0.857. The molecule has 0 aliphatic carbocycles. The normalized spacial score (nSPS) is 27.3. The largest absolute Gasteiger partial charge is 0.467 e. The molecule has 0 aromatic carbocycles. The van der Waals surface area contributed by atoms with Crippen molar-refractivity contribution in [2.45, 2.75) is 44.6 Å². The maximum Gasteiger partial charge on any atom is 0.328 e. The fourth-order valence-corrected chi connectivity index (χ4v) is 3.04. The molecule has 2 rings (SSSR count). The van der Waals surface area contributed by atoms with Crippen molar-refractivity contribution in [3.05, 3.63) is 0 Å². The van der Waals surface area contributed by atoms with Gasteiger partial charge in [-0.25, -0.2) is 4.79 Å². The van der Waals surface area contributed by atoms with Crippen LogP contribution in [0.3, 0.4) is 0 Å². The molecule has 0 radical (unpaired) electrons. The molecule has 2 fully saturated rings. The van der Waals surface area contributed by atoms with Crippen molar-refractivity contribution in [2.24, 2.45) is 5.92 Å². The Morgan fingerprint density at radius 1 is 1.32 bits per heavy atom. The number of hydrogen-bond acceptors (Lipinski definition) is 4. The number of esters is 1. The lowest BCUT2D eigenvalue weighted by molar-refractivity contribution is -0.154. The summed E-state index contributed by atoms with van der Waals surface area (Å²) in [5.74, 6) is 0.461. The Hall–Kier alpha value is -1.10. The number of methoxy groups -OCH3 is 1. The monoisotopic (exact) mass is 268 g/mol. The van der Waals surface area contributed by atoms with Crippen LogP contribution in [0.1, 0.15) is 38.5 Å². The summed E-state index contributed by atoms with van der Waals surface area (Å²) < 4.78 is 4.81. The Balaban J connectivity index is 1.85. The second-order valence-electron chi connectivity index (χ2n) is 5.52. The zero-order valence-corrected chi connectivity index (χ0v) is 11.7. The van der Waals surface area contributed by atoms with E-state index in [2.05, 4.69) is 5.32 Å². The van der Waals surface area contributed by atoms with Gasteiger partial charge in [0, 0.05) is 13.0 Å². The molecule has 1 N–H and O–H groups in total. The molecular weight excluding hydrogens is 244 g/mol. The van der Waals surface area contributed by atoms with Crippen LogP contribution in [0.4, 0.5) is 0 Å². The van der Waals surface area contributed by atoms with Gasteiger partial charge in [-0.1, -0.05) is 0 Å². The van der Waals surface area contributed by atoms with Crippen LogP contribution in [0.2, 0.25) is 0 Å². The van der Waals surface area contributed by atoms with Gasteiger partial charge >= 0.3 is 5.97 Å². The zero-order valence-electron chi connectivity index (χ0n) is 11.7. The Morgan fingerprint density at radius 3 is 2.84 bits per heavy atom. The lowest BCUT2D eigenvalue weighted by atomic mass is 9.99. The van der Waals surface area contributed by atoms with Crippen LogP contribution < -0.4 is 5.32 Å². The third kappa shape index (κ3) is 3.69. The third-order valence-corrected chi connectivity index (χ3v) is 4.23. The predicted octanol–water partition coefficient (Wildman–Crippen LogP) is 0.930. The van der Waals surface area contributed by atoms with Gasteiger partial charge in [0.2, 0.25) is 5.91 Å². The number of rotatable bonds is 4. The van der Waals surface area contributed by atoms with Crippen molar-refractivity contribution in [1.82, 2.24) is 10.2 Å². The summed E-state index contributed by atoms with van der Waals surface area (Å²) in [6.07, 6.45) is 5.37. The number of ether oxygens (including phenoxy) is 1. The van der Waals surface area contributed by atoms with Gasteiger partial charge in [0.25, 0.3) is 0 Å². The second kappa shape index (κ2) is 6.89. The molecule has 2 unspecified atom stereocenters. The molecule has 2 aliphatic rings. The number of carbonyl (C=O) groups is 2. The molecule has 2 atom stereocenters. The van der Waals surface area contributed by atoms with E-state index < -0.39 is 0 Å². The van der Waals surface area contributed by atoms with Crippen LogP contribution in [-0.4, -0.2) is 49.6 Å². The summed E-state index contributed by atoms with van der Waals surface area (Å²) in [7, 11) is 1.39. The first-order valence-electron chi connectivity index (χ1n) is 7.30. The molecule has 0 bridgehead atoms. The lowest BCUT2D eigenvalue weighted by Gasteiger charge is -2.34. The third-order valence-electron chi connectivity index (χ3n) is 4.23. The highest BCUT2D eigenvalue weighted by molar-refractivity contribution is 5.84. The molecule has 108 valence electrons. The molecule has 0 saturated carbocycles. The lowest BCUT2D eigenvalue weighted by Crippen LogP contribution is -2.48. The molecule has 1 amide bonds. The maximum atomic E-state index is 12.3. The van der Waals surface area contributed by atoms with Crippen molar-refractivity contribution in [2.75, 3.05) is 26.7 Å². The highest BCUT2D eigenvalue weighted by Crippen LogP contribution is 2.21. The molecule has 2 heterocycles. The average Bonchev–Trinajstić information content (AvgIpc) is 2.97. The van der Waals surface area contributed by atoms with Crippen LogP contribution in [0.25, 0.3) is 0 Å². The molecule has 0 aromatic heterocycles. The average molecular weight is 268 g/mol. The van der Waals surface area contributed by atoms with E-state index in [1.807, 2.05) is 0 Å². The fourth-order valence-electron chi connectivity index (χ4n) is 3.04. The molecular formula is C14H24N2O3. The zero-order chi connectivity index (χ0) is 13.7. The van der Waals surface area contributed by atoms with Crippen LogP contribution >= 0.6 is 0 Å². The topological polar surface area (TPSA) is 58.6 Å². The number of hydrogen-bond donors (Lipinski definition) is 1. The molecule has 19 heavy (non-hydrogen) atoms. The van der Waals surface area contributed by atoms with E-state index in [1.165, 1.54) is 7.11 Å². The highest BCUT2D eigenvalue weighted by atomic mass is 16.5. The number of piperidine rings is 1. The molecule has 5 heteroatoms. The van der Waals surface area contributed by atoms with Crippen molar-refractivity contribution < 1.29 is 14.3 Å². The summed E-state index contributed by atoms with van der Waals surface area (Å²) in [5, 5.41) is 3.31. The first kappa shape index (κ1) is 14.3. The summed E-state index contributed by atoms with van der Waals surface area (Å²) in [6, 6.07) is -0.354. The van der Waals surface area contributed by atoms with E-state index in [0.717, 1.165) is 45.2 Å². The maximum absolute atomic E-state index is 12.3. The minimum atomic E-state index is -0.354. The van der Waals surface area contributed by atoms with E-state index in [4.69, 9.17) is 4.74 Å². The Bertz CT molecular complexity index is 327. The number of nitrogens with one attached hydrogen (secondary N) is 1. The molecule has 0 aromatic rings. The minimum absolute atomic E-state index is 0.113. The van der Waals surface area contributed by atoms with Gasteiger partial charge in [0.05, 0.1) is 7.11 Å². The first-order valence-corrected chi connectivity index (χ1v) is 7.30. The van der Waals surface area contributed by atoms with E-state index in [-0.39, 0.29) is 17.9 Å². The Kier molecular flexibility index (Phi) is 5.19. The van der Waals surface area contributed by atoms with Crippen LogP contribution in [0.15, 0.2) is 0 Å². The Morgan fingerprint density at radius 2 is 2.16 bits per heavy atom. The van der Waals surface area contributed by atoms with E-state index in [1.54, 1.807) is 4.90 Å². The van der Waals surface area contributed by atoms with Gasteiger partial charge in [-0.3, -0.25) is 4.79 Å². The minimum Gasteiger partial charge on any atom is -0.467 e. The van der Waals surface area contributed by atoms with Crippen LogP contribution in [-0.2, 0) is 14.3 Å². The van der Waals surface area contributed by atoms with Crippen LogP contribution in [0, 0.1) is 5.92 Å². The summed E-state index contributed by atoms with van der Waals surface area (Å²) in [4.78, 5) is 25.7. The van der Waals surface area contributed by atoms with E-state index >= 15 is 0 Å². The summed E-state index contributed by atoms with van der Waals surface area (Å²) >= 11 is 0. The quantitative estimate of drug-likeness (QED) is 0.771. The molecule has 2 saturated heterocycles. The molecule has 2 aliphatic heterocycles. The number of nitrogens with zero attached hydrogens (tertiary/aromatic N) is 1. The van der Waals surface area contributed by atoms with E-state index in [0.29, 0.717) is 18.9 Å². The van der Waals surface area contributed by atoms with Crippen molar-refractivity contribution in [3.8, 4) is 0 Å². The van der Waals surface area contributed by atoms with Crippen LogP contribution in [0.5, 0.6) is 0 Å². The van der Waals surface area contributed by atoms with Crippen molar-refractivity contribution >= 4 is 11.9 Å². The summed E-state index contributed by atoms with van der Waals surface area (Å²) in [5.41, 5.74) is 0. The summed E-state index contributed by atoms with van der Waals surface area (Å²) in [6.45, 7) is 2.78. The molecule has 0 spiro atoms. The predicted molar refractivity (Wildman–Crippen MR) is 71.6 cm³/mol. The standard InChI is InChI=1S/C14H24N2O3/c1-19-14(18)12-4-2-3-9-16(12)13(17)6-5-11-7-8-15-10-11/h11-12,15H,2-10H2,1H3. The SMILES string of the molecule is COC(=O)C1CCCCN1C(=O)CCC1CCNC1. The number of likely N-dealkylation sites (tertiary alicyclic amines) is 1. The van der Waals surface area contributed by atoms with Gasteiger partial charge in [-0.15, -0.1) is 0 Å². The van der Waals surface area contributed by atoms with Gasteiger partial charge in [-0.05, 0) is 51.1 Å². The van der Waals surface area contributed by atoms with Gasteiger partial charge in [0.15, 0.2) is 0 Å². The number of amides is 1. The van der Waals surface area contributed by atoms with Gasteiger partial charge in [0.1, 0.15) is 6.04 Å². The molecule has 5 nitrogen and oxygen atoms in total. The highest BCUT2D eigenvalue weighted by Gasteiger charge is 2.32. The van der Waals surface area contributed by atoms with E-state index in [9.17, 15) is 9.59 Å². The smallest absolute Gasteiger partial charge is 0.328 e. The van der Waals surface area contributed by atoms with Crippen molar-refractivity contribution in [3.63, 3.8) is 0 Å².